The zero-order valence-electron chi connectivity index (χ0n) is 12.5. The van der Waals surface area contributed by atoms with E-state index in [9.17, 15) is 0 Å². The minimum Gasteiger partial charge on any atom is -0.294 e. The van der Waals surface area contributed by atoms with Gasteiger partial charge in [-0.15, -0.1) is 0 Å². The Morgan fingerprint density at radius 1 is 1.29 bits per heavy atom. The highest BCUT2D eigenvalue weighted by Gasteiger charge is 2.24. The van der Waals surface area contributed by atoms with Crippen LogP contribution in [0.15, 0.2) is 29.0 Å². The van der Waals surface area contributed by atoms with Gasteiger partial charge in [0.05, 0.1) is 0 Å². The van der Waals surface area contributed by atoms with Crippen molar-refractivity contribution < 1.29 is 4.63 Å². The Morgan fingerprint density at radius 3 is 3.00 bits per heavy atom. The largest absolute Gasteiger partial charge is 0.294 e. The van der Waals surface area contributed by atoms with Crippen molar-refractivity contribution >= 4 is 0 Å². The number of piperidine rings is 1. The molecule has 0 amide bonds. The molecule has 3 rings (SSSR count). The third kappa shape index (κ3) is 3.67. The lowest BCUT2D eigenvalue weighted by Crippen LogP contribution is -2.39. The molecule has 2 aromatic rings. The molecule has 2 aromatic heterocycles. The Balaban J connectivity index is 1.60. The number of nitrogens with zero attached hydrogens (tertiary/aromatic N) is 4. The van der Waals surface area contributed by atoms with Gasteiger partial charge in [-0.25, -0.2) is 4.63 Å². The molecule has 0 spiro atoms. The molecule has 5 heteroatoms. The fraction of sp³-hybridized carbons (Fsp3) is 0.562. The molecular weight excluding hydrogens is 264 g/mol. The molecular formula is C16H22N4O. The first-order valence-corrected chi connectivity index (χ1v) is 7.75. The van der Waals surface area contributed by atoms with E-state index in [-0.39, 0.29) is 0 Å². The van der Waals surface area contributed by atoms with Gasteiger partial charge in [0.2, 0.25) is 0 Å². The number of pyridine rings is 1. The van der Waals surface area contributed by atoms with E-state index in [1.807, 2.05) is 19.2 Å². The van der Waals surface area contributed by atoms with Gasteiger partial charge in [0, 0.05) is 24.5 Å². The van der Waals surface area contributed by atoms with E-state index in [0.29, 0.717) is 6.04 Å². The summed E-state index contributed by atoms with van der Waals surface area (Å²) in [6.45, 7) is 3.94. The van der Waals surface area contributed by atoms with E-state index in [0.717, 1.165) is 37.3 Å². The zero-order chi connectivity index (χ0) is 14.5. The van der Waals surface area contributed by atoms with Crippen LogP contribution in [0, 0.1) is 6.92 Å². The minimum atomic E-state index is 0.608. The van der Waals surface area contributed by atoms with Gasteiger partial charge in [0.25, 0.3) is 0 Å². The number of likely N-dealkylation sites (tertiary alicyclic amines) is 1. The fourth-order valence-corrected chi connectivity index (χ4v) is 3.04. The van der Waals surface area contributed by atoms with Crippen LogP contribution < -0.4 is 0 Å². The zero-order valence-corrected chi connectivity index (χ0v) is 12.5. The molecule has 5 nitrogen and oxygen atoms in total. The van der Waals surface area contributed by atoms with Crippen molar-refractivity contribution in [1.29, 1.82) is 0 Å². The average Bonchev–Trinajstić information content (AvgIpc) is 2.93. The molecule has 21 heavy (non-hydrogen) atoms. The van der Waals surface area contributed by atoms with Crippen LogP contribution in [0.2, 0.25) is 0 Å². The van der Waals surface area contributed by atoms with Gasteiger partial charge in [-0.3, -0.25) is 9.88 Å². The Hall–Kier alpha value is -1.75. The Kier molecular flexibility index (Phi) is 4.60. The highest BCUT2D eigenvalue weighted by Crippen LogP contribution is 2.23. The van der Waals surface area contributed by atoms with Gasteiger partial charge in [0.1, 0.15) is 11.4 Å². The maximum Gasteiger partial charge on any atom is 0.122 e. The number of aryl methyl sites for hydroxylation is 2. The Bertz CT molecular complexity index is 554. The topological polar surface area (TPSA) is 55.1 Å². The van der Waals surface area contributed by atoms with Crippen molar-refractivity contribution in [3.63, 3.8) is 0 Å². The number of hydrogen-bond acceptors (Lipinski definition) is 5. The van der Waals surface area contributed by atoms with E-state index < -0.39 is 0 Å². The lowest BCUT2D eigenvalue weighted by molar-refractivity contribution is 0.128. The average molecular weight is 286 g/mol. The Morgan fingerprint density at radius 2 is 2.24 bits per heavy atom. The van der Waals surface area contributed by atoms with Crippen molar-refractivity contribution in [2.24, 2.45) is 0 Å². The monoisotopic (exact) mass is 286 g/mol. The van der Waals surface area contributed by atoms with Crippen LogP contribution in [0.3, 0.4) is 0 Å². The lowest BCUT2D eigenvalue weighted by atomic mass is 9.96. The van der Waals surface area contributed by atoms with Crippen molar-refractivity contribution in [3.8, 4) is 0 Å². The molecule has 0 bridgehead atoms. The predicted octanol–water partition coefficient (Wildman–Crippen LogP) is 2.76. The van der Waals surface area contributed by atoms with E-state index in [4.69, 9.17) is 4.63 Å². The van der Waals surface area contributed by atoms with E-state index in [1.165, 1.54) is 25.0 Å². The first-order chi connectivity index (χ1) is 10.3. The van der Waals surface area contributed by atoms with Gasteiger partial charge in [-0.1, -0.05) is 22.8 Å². The number of hydrogen-bond donors (Lipinski definition) is 0. The Labute approximate surface area is 125 Å². The van der Waals surface area contributed by atoms with Crippen LogP contribution in [0.4, 0.5) is 0 Å². The molecule has 1 saturated heterocycles. The van der Waals surface area contributed by atoms with Gasteiger partial charge in [-0.2, -0.15) is 0 Å². The SMILES string of the molecule is Cc1nonc1CN1CCCC[C@@H]1CCc1ccccn1. The highest BCUT2D eigenvalue weighted by molar-refractivity contribution is 5.06. The van der Waals surface area contributed by atoms with Crippen LogP contribution >= 0.6 is 0 Å². The van der Waals surface area contributed by atoms with Crippen LogP contribution in [-0.2, 0) is 13.0 Å². The van der Waals surface area contributed by atoms with Crippen molar-refractivity contribution in [2.45, 2.75) is 51.6 Å². The second-order valence-corrected chi connectivity index (χ2v) is 5.78. The lowest BCUT2D eigenvalue weighted by Gasteiger charge is -2.35. The van der Waals surface area contributed by atoms with Crippen LogP contribution in [0.1, 0.15) is 42.8 Å². The van der Waals surface area contributed by atoms with E-state index >= 15 is 0 Å². The van der Waals surface area contributed by atoms with Crippen molar-refractivity contribution in [1.82, 2.24) is 20.2 Å². The second kappa shape index (κ2) is 6.80. The predicted molar refractivity (Wildman–Crippen MR) is 79.6 cm³/mol. The summed E-state index contributed by atoms with van der Waals surface area (Å²) >= 11 is 0. The summed E-state index contributed by atoms with van der Waals surface area (Å²) in [5.41, 5.74) is 3.06. The molecule has 3 heterocycles. The smallest absolute Gasteiger partial charge is 0.122 e. The van der Waals surface area contributed by atoms with Gasteiger partial charge in [0.15, 0.2) is 0 Å². The molecule has 0 unspecified atom stereocenters. The molecule has 1 aliphatic heterocycles. The number of rotatable bonds is 5. The van der Waals surface area contributed by atoms with Crippen molar-refractivity contribution in [3.05, 3.63) is 41.5 Å². The molecule has 0 aliphatic carbocycles. The first kappa shape index (κ1) is 14.2. The van der Waals surface area contributed by atoms with E-state index in [2.05, 4.69) is 32.3 Å². The quantitative estimate of drug-likeness (QED) is 0.846. The molecule has 0 aromatic carbocycles. The van der Waals surface area contributed by atoms with Crippen LogP contribution in [0.5, 0.6) is 0 Å². The molecule has 1 fully saturated rings. The molecule has 0 saturated carbocycles. The number of aromatic nitrogens is 3. The van der Waals surface area contributed by atoms with Crippen LogP contribution in [0.25, 0.3) is 0 Å². The summed E-state index contributed by atoms with van der Waals surface area (Å²) in [6.07, 6.45) is 7.92. The highest BCUT2D eigenvalue weighted by atomic mass is 16.6. The fourth-order valence-electron chi connectivity index (χ4n) is 3.04. The summed E-state index contributed by atoms with van der Waals surface area (Å²) in [4.78, 5) is 6.95. The van der Waals surface area contributed by atoms with Gasteiger partial charge < -0.3 is 0 Å². The molecule has 0 N–H and O–H groups in total. The third-order valence-corrected chi connectivity index (χ3v) is 4.31. The summed E-state index contributed by atoms with van der Waals surface area (Å²) in [5, 5.41) is 7.90. The normalized spacial score (nSPS) is 19.8. The third-order valence-electron chi connectivity index (χ3n) is 4.31. The summed E-state index contributed by atoms with van der Waals surface area (Å²) in [5.74, 6) is 0. The minimum absolute atomic E-state index is 0.608. The van der Waals surface area contributed by atoms with E-state index in [1.54, 1.807) is 0 Å². The molecule has 112 valence electrons. The summed E-state index contributed by atoms with van der Waals surface area (Å²) in [7, 11) is 0. The maximum absolute atomic E-state index is 4.81. The second-order valence-electron chi connectivity index (χ2n) is 5.78. The standard InChI is InChI=1S/C16H22N4O/c1-13-16(19-21-18-13)12-20-11-5-3-7-15(20)9-8-14-6-2-4-10-17-14/h2,4,6,10,15H,3,5,7-9,11-12H2,1H3/t15-/m1/s1. The molecule has 0 radical (unpaired) electrons. The van der Waals surface area contributed by atoms with Crippen LogP contribution in [-0.4, -0.2) is 32.8 Å². The van der Waals surface area contributed by atoms with Crippen molar-refractivity contribution in [2.75, 3.05) is 6.54 Å². The molecule has 1 aliphatic rings. The molecule has 1 atom stereocenters. The first-order valence-electron chi connectivity index (χ1n) is 7.75. The maximum atomic E-state index is 4.81. The van der Waals surface area contributed by atoms with Gasteiger partial charge >= 0.3 is 0 Å². The summed E-state index contributed by atoms with van der Waals surface area (Å²) < 4.78 is 4.81. The summed E-state index contributed by atoms with van der Waals surface area (Å²) in [6, 6.07) is 6.75. The van der Waals surface area contributed by atoms with Gasteiger partial charge in [-0.05, 0) is 51.3 Å².